The van der Waals surface area contributed by atoms with Gasteiger partial charge in [0.05, 0.1) is 17.6 Å². The molecule has 0 aliphatic rings. The molecule has 3 aromatic carbocycles. The number of carbonyl (C=O) groups excluding carboxylic acids is 2. The Morgan fingerprint density at radius 3 is 2.32 bits per heavy atom. The minimum atomic E-state index is -3.72. The highest BCUT2D eigenvalue weighted by atomic mass is 32.2. The van der Waals surface area contributed by atoms with Crippen molar-refractivity contribution in [2.24, 2.45) is 0 Å². The molecule has 8 heteroatoms. The smallest absolute Gasteiger partial charge is 0.251 e. The Hall–Kier alpha value is -3.70. The molecule has 3 aromatic rings. The van der Waals surface area contributed by atoms with Gasteiger partial charge in [-0.25, -0.2) is 8.42 Å². The molecule has 0 heterocycles. The van der Waals surface area contributed by atoms with Gasteiger partial charge in [-0.05, 0) is 28.5 Å². The molecule has 3 rings (SSSR count). The van der Waals surface area contributed by atoms with E-state index in [4.69, 9.17) is 5.26 Å². The first-order valence-corrected chi connectivity index (χ1v) is 11.4. The summed E-state index contributed by atoms with van der Waals surface area (Å²) in [6, 6.07) is 21.6. The Morgan fingerprint density at radius 2 is 1.61 bits per heavy atom. The fourth-order valence-electron chi connectivity index (χ4n) is 3.15. The van der Waals surface area contributed by atoms with Gasteiger partial charge in [-0.1, -0.05) is 60.7 Å². The van der Waals surface area contributed by atoms with E-state index in [1.165, 1.54) is 0 Å². The van der Waals surface area contributed by atoms with Crippen LogP contribution >= 0.6 is 0 Å². The second-order valence-corrected chi connectivity index (χ2v) is 9.11. The Balaban J connectivity index is 1.79. The molecular formula is C23H21N3O4S. The third-order valence-corrected chi connectivity index (χ3v) is 6.24. The van der Waals surface area contributed by atoms with Crippen LogP contribution in [0.2, 0.25) is 0 Å². The molecule has 2 N–H and O–H groups in total. The number of carbonyl (C=O) groups is 2. The number of nitrogens with one attached hydrogen (secondary N) is 2. The van der Waals surface area contributed by atoms with E-state index in [9.17, 15) is 18.0 Å². The maximum Gasteiger partial charge on any atom is 0.251 e. The van der Waals surface area contributed by atoms with Gasteiger partial charge >= 0.3 is 0 Å². The first kappa shape index (κ1) is 22.0. The maximum atomic E-state index is 12.8. The summed E-state index contributed by atoms with van der Waals surface area (Å²) in [6.07, 6.45) is 0. The number of hydrogen-bond acceptors (Lipinski definition) is 5. The highest BCUT2D eigenvalue weighted by Gasteiger charge is 2.27. The standard InChI is InChI=1S/C23H21N3O4S/c24-12-13-25-23(28)21(16-31(29,30)15-17-6-2-1-3-7-17)26-22(27)20-11-10-18-8-4-5-9-19(18)14-20/h1-11,14,21H,13,15-16H2,(H,25,28)(H,26,27)/t21-/m0/s1. The molecule has 0 bridgehead atoms. The van der Waals surface area contributed by atoms with Crippen LogP contribution in [0.25, 0.3) is 10.8 Å². The monoisotopic (exact) mass is 435 g/mol. The SMILES string of the molecule is N#CCNC(=O)[C@H](CS(=O)(=O)Cc1ccccc1)NC(=O)c1ccc2ccccc2c1. The average Bonchev–Trinajstić information content (AvgIpc) is 2.76. The molecule has 0 aliphatic heterocycles. The van der Waals surface area contributed by atoms with E-state index in [1.54, 1.807) is 54.6 Å². The van der Waals surface area contributed by atoms with Crippen LogP contribution in [0.3, 0.4) is 0 Å². The number of hydrogen-bond donors (Lipinski definition) is 2. The van der Waals surface area contributed by atoms with Crippen LogP contribution < -0.4 is 10.6 Å². The van der Waals surface area contributed by atoms with Gasteiger partial charge in [0.1, 0.15) is 12.6 Å². The van der Waals surface area contributed by atoms with Gasteiger partial charge in [0, 0.05) is 5.56 Å². The number of amides is 2. The first-order chi connectivity index (χ1) is 14.9. The zero-order valence-electron chi connectivity index (χ0n) is 16.6. The van der Waals surface area contributed by atoms with Crippen LogP contribution in [0.15, 0.2) is 72.8 Å². The summed E-state index contributed by atoms with van der Waals surface area (Å²) in [7, 11) is -3.72. The Morgan fingerprint density at radius 1 is 0.935 bits per heavy atom. The first-order valence-electron chi connectivity index (χ1n) is 9.56. The van der Waals surface area contributed by atoms with Crippen LogP contribution in [0.5, 0.6) is 0 Å². The van der Waals surface area contributed by atoms with Crippen molar-refractivity contribution >= 4 is 32.4 Å². The molecule has 0 saturated carbocycles. The summed E-state index contributed by atoms with van der Waals surface area (Å²) in [6.45, 7) is -0.292. The summed E-state index contributed by atoms with van der Waals surface area (Å²) in [5, 5.41) is 15.3. The Bertz CT molecular complexity index is 1230. The van der Waals surface area contributed by atoms with Gasteiger partial charge < -0.3 is 10.6 Å². The summed E-state index contributed by atoms with van der Waals surface area (Å²) in [4.78, 5) is 25.2. The quantitative estimate of drug-likeness (QED) is 0.526. The van der Waals surface area contributed by atoms with Gasteiger partial charge in [-0.15, -0.1) is 0 Å². The molecule has 158 valence electrons. The average molecular weight is 436 g/mol. The fraction of sp³-hybridized carbons (Fsp3) is 0.174. The lowest BCUT2D eigenvalue weighted by atomic mass is 10.1. The molecule has 1 atom stereocenters. The van der Waals surface area contributed by atoms with Crippen LogP contribution in [-0.2, 0) is 20.4 Å². The molecule has 0 fully saturated rings. The Labute approximate surface area is 180 Å². The molecule has 7 nitrogen and oxygen atoms in total. The normalized spacial score (nSPS) is 12.0. The fourth-order valence-corrected chi connectivity index (χ4v) is 4.71. The summed E-state index contributed by atoms with van der Waals surface area (Å²) in [5.41, 5.74) is 0.886. The zero-order chi connectivity index (χ0) is 22.3. The lowest BCUT2D eigenvalue weighted by Crippen LogP contribution is -2.50. The van der Waals surface area contributed by atoms with E-state index in [1.807, 2.05) is 24.3 Å². The minimum absolute atomic E-state index is 0.262. The van der Waals surface area contributed by atoms with E-state index in [0.717, 1.165) is 10.8 Å². The number of benzene rings is 3. The summed E-state index contributed by atoms with van der Waals surface area (Å²) < 4.78 is 25.4. The number of rotatable bonds is 8. The van der Waals surface area contributed by atoms with Crippen molar-refractivity contribution in [1.29, 1.82) is 5.26 Å². The third-order valence-electron chi connectivity index (χ3n) is 4.63. The second-order valence-electron chi connectivity index (χ2n) is 7.00. The second kappa shape index (κ2) is 9.87. The topological polar surface area (TPSA) is 116 Å². The molecular weight excluding hydrogens is 414 g/mol. The van der Waals surface area contributed by atoms with E-state index in [0.29, 0.717) is 11.1 Å². The minimum Gasteiger partial charge on any atom is -0.341 e. The highest BCUT2D eigenvalue weighted by Crippen LogP contribution is 2.16. The third kappa shape index (κ3) is 6.14. The predicted octanol–water partition coefficient (Wildman–Crippen LogP) is 2.19. The molecule has 0 spiro atoms. The van der Waals surface area contributed by atoms with E-state index >= 15 is 0 Å². The van der Waals surface area contributed by atoms with Gasteiger partial charge in [-0.2, -0.15) is 5.26 Å². The summed E-state index contributed by atoms with van der Waals surface area (Å²) >= 11 is 0. The Kier molecular flexibility index (Phi) is 7.00. The molecule has 2 amide bonds. The molecule has 0 aliphatic carbocycles. The van der Waals surface area contributed by atoms with Crippen LogP contribution in [-0.4, -0.2) is 38.6 Å². The van der Waals surface area contributed by atoms with Crippen LogP contribution in [0.4, 0.5) is 0 Å². The van der Waals surface area contributed by atoms with Gasteiger partial charge in [0.15, 0.2) is 9.84 Å². The van der Waals surface area contributed by atoms with Crippen molar-refractivity contribution < 1.29 is 18.0 Å². The number of nitrogens with zero attached hydrogens (tertiary/aromatic N) is 1. The van der Waals surface area contributed by atoms with Gasteiger partial charge in [0.2, 0.25) is 5.91 Å². The van der Waals surface area contributed by atoms with Crippen molar-refractivity contribution in [2.75, 3.05) is 12.3 Å². The number of nitriles is 1. The van der Waals surface area contributed by atoms with Crippen molar-refractivity contribution in [3.63, 3.8) is 0 Å². The predicted molar refractivity (Wildman–Crippen MR) is 118 cm³/mol. The largest absolute Gasteiger partial charge is 0.341 e. The van der Waals surface area contributed by atoms with Crippen molar-refractivity contribution in [1.82, 2.24) is 10.6 Å². The summed E-state index contributed by atoms with van der Waals surface area (Å²) in [5.74, 6) is -2.15. The molecule has 0 radical (unpaired) electrons. The van der Waals surface area contributed by atoms with Crippen LogP contribution in [0, 0.1) is 11.3 Å². The number of fused-ring (bicyclic) bond motifs is 1. The van der Waals surface area contributed by atoms with E-state index in [-0.39, 0.29) is 12.3 Å². The van der Waals surface area contributed by atoms with E-state index in [2.05, 4.69) is 10.6 Å². The highest BCUT2D eigenvalue weighted by molar-refractivity contribution is 7.90. The number of sulfone groups is 1. The molecule has 0 unspecified atom stereocenters. The lowest BCUT2D eigenvalue weighted by molar-refractivity contribution is -0.122. The van der Waals surface area contributed by atoms with Crippen LogP contribution in [0.1, 0.15) is 15.9 Å². The lowest BCUT2D eigenvalue weighted by Gasteiger charge is -2.18. The van der Waals surface area contributed by atoms with Gasteiger partial charge in [0.25, 0.3) is 5.91 Å². The van der Waals surface area contributed by atoms with Gasteiger partial charge in [-0.3, -0.25) is 9.59 Å². The molecule has 31 heavy (non-hydrogen) atoms. The van der Waals surface area contributed by atoms with Crippen molar-refractivity contribution in [2.45, 2.75) is 11.8 Å². The zero-order valence-corrected chi connectivity index (χ0v) is 17.4. The van der Waals surface area contributed by atoms with Crippen molar-refractivity contribution in [3.05, 3.63) is 83.9 Å². The molecule has 0 saturated heterocycles. The molecule has 0 aromatic heterocycles. The maximum absolute atomic E-state index is 12.8. The van der Waals surface area contributed by atoms with Crippen molar-refractivity contribution in [3.8, 4) is 6.07 Å². The van der Waals surface area contributed by atoms with E-state index < -0.39 is 33.4 Å².